The van der Waals surface area contributed by atoms with Gasteiger partial charge in [0, 0.05) is 6.61 Å². The topological polar surface area (TPSA) is 93.1 Å². The number of rotatable bonds is 3. The molecule has 0 unspecified atom stereocenters. The number of ether oxygens (including phenoxy) is 2. The highest BCUT2D eigenvalue weighted by atomic mass is 32.2. The molecular formula is C14H22O6S. The Bertz CT molecular complexity index is 535. The van der Waals surface area contributed by atoms with E-state index in [0.29, 0.717) is 13.0 Å². The molecule has 2 N–H and O–H groups in total. The zero-order valence-electron chi connectivity index (χ0n) is 12.4. The van der Waals surface area contributed by atoms with Crippen molar-refractivity contribution in [1.29, 1.82) is 0 Å². The van der Waals surface area contributed by atoms with E-state index < -0.39 is 15.9 Å². The lowest BCUT2D eigenvalue weighted by atomic mass is 10.2. The number of benzene rings is 1. The molecule has 0 radical (unpaired) electrons. The molecule has 0 aliphatic carbocycles. The predicted molar refractivity (Wildman–Crippen MR) is 77.6 cm³/mol. The summed E-state index contributed by atoms with van der Waals surface area (Å²) in [7, 11) is -4.02. The zero-order chi connectivity index (χ0) is 16.1. The zero-order valence-corrected chi connectivity index (χ0v) is 13.3. The maximum Gasteiger partial charge on any atom is 0.294 e. The van der Waals surface area contributed by atoms with Crippen molar-refractivity contribution in [1.82, 2.24) is 0 Å². The van der Waals surface area contributed by atoms with E-state index >= 15 is 0 Å². The molecule has 0 amide bonds. The van der Waals surface area contributed by atoms with Gasteiger partial charge in [0.05, 0.1) is 17.6 Å². The van der Waals surface area contributed by atoms with Gasteiger partial charge in [0.2, 0.25) is 0 Å². The van der Waals surface area contributed by atoms with E-state index in [1.807, 2.05) is 20.8 Å². The summed E-state index contributed by atoms with van der Waals surface area (Å²) in [5, 5.41) is 8.56. The van der Waals surface area contributed by atoms with Crippen molar-refractivity contribution in [3.63, 3.8) is 0 Å². The molecule has 1 aliphatic heterocycles. The standard InChI is InChI=1S/C7H8O3S.C7H14O3/c1-6-2-4-7(5-3-6)11(8,9)10;1-7(2)9-5-6(10-7)3-4-8/h2-5H,1H3,(H,8,9,10);6,8H,3-5H2,1-2H3/t;6-/m.0/s1. The van der Waals surface area contributed by atoms with Crippen LogP contribution in [0.4, 0.5) is 0 Å². The van der Waals surface area contributed by atoms with E-state index in [0.717, 1.165) is 5.56 Å². The molecule has 21 heavy (non-hydrogen) atoms. The first-order chi connectivity index (χ1) is 9.64. The van der Waals surface area contributed by atoms with Crippen LogP contribution < -0.4 is 0 Å². The van der Waals surface area contributed by atoms with Crippen molar-refractivity contribution >= 4 is 10.1 Å². The van der Waals surface area contributed by atoms with E-state index in [1.54, 1.807) is 12.1 Å². The summed E-state index contributed by atoms with van der Waals surface area (Å²) in [4.78, 5) is -0.0666. The van der Waals surface area contributed by atoms with Crippen molar-refractivity contribution < 1.29 is 27.6 Å². The molecule has 1 fully saturated rings. The lowest BCUT2D eigenvalue weighted by Gasteiger charge is -2.16. The Morgan fingerprint density at radius 1 is 1.29 bits per heavy atom. The molecule has 1 aromatic rings. The molecule has 1 heterocycles. The molecule has 6 nitrogen and oxygen atoms in total. The first-order valence-electron chi connectivity index (χ1n) is 6.61. The molecule has 1 saturated heterocycles. The molecule has 1 atom stereocenters. The first kappa shape index (κ1) is 18.1. The quantitative estimate of drug-likeness (QED) is 0.825. The van der Waals surface area contributed by atoms with Gasteiger partial charge in [-0.2, -0.15) is 8.42 Å². The van der Waals surface area contributed by atoms with Gasteiger partial charge in [-0.05, 0) is 39.3 Å². The lowest BCUT2D eigenvalue weighted by molar-refractivity contribution is -0.139. The number of aliphatic hydroxyl groups is 1. The van der Waals surface area contributed by atoms with Crippen LogP contribution in [-0.2, 0) is 19.6 Å². The second-order valence-corrected chi connectivity index (χ2v) is 6.67. The SMILES string of the molecule is CC1(C)OC[C@H](CCO)O1.Cc1ccc(S(=O)(=O)O)cc1. The van der Waals surface area contributed by atoms with Crippen molar-refractivity contribution in [2.45, 2.75) is 44.0 Å². The third-order valence-electron chi connectivity index (χ3n) is 2.84. The summed E-state index contributed by atoms with van der Waals surface area (Å²) in [5.74, 6) is -0.445. The number of hydrogen-bond donors (Lipinski definition) is 2. The fourth-order valence-corrected chi connectivity index (χ4v) is 2.24. The second-order valence-electron chi connectivity index (χ2n) is 5.25. The van der Waals surface area contributed by atoms with E-state index in [1.165, 1.54) is 12.1 Å². The van der Waals surface area contributed by atoms with Crippen LogP contribution in [0.1, 0.15) is 25.8 Å². The Labute approximate surface area is 125 Å². The molecule has 2 rings (SSSR count). The van der Waals surface area contributed by atoms with Gasteiger partial charge in [0.15, 0.2) is 5.79 Å². The average Bonchev–Trinajstić information content (AvgIpc) is 2.69. The van der Waals surface area contributed by atoms with Gasteiger partial charge in [0.25, 0.3) is 10.1 Å². The minimum Gasteiger partial charge on any atom is -0.396 e. The highest BCUT2D eigenvalue weighted by Gasteiger charge is 2.31. The third kappa shape index (κ3) is 6.54. The van der Waals surface area contributed by atoms with Crippen LogP contribution in [0, 0.1) is 6.92 Å². The summed E-state index contributed by atoms with van der Waals surface area (Å²) >= 11 is 0. The highest BCUT2D eigenvalue weighted by molar-refractivity contribution is 7.85. The van der Waals surface area contributed by atoms with Gasteiger partial charge in [-0.3, -0.25) is 4.55 Å². The fraction of sp³-hybridized carbons (Fsp3) is 0.571. The van der Waals surface area contributed by atoms with Crippen LogP contribution in [0.25, 0.3) is 0 Å². The van der Waals surface area contributed by atoms with Crippen LogP contribution in [0.2, 0.25) is 0 Å². The molecule has 0 saturated carbocycles. The van der Waals surface area contributed by atoms with Gasteiger partial charge < -0.3 is 14.6 Å². The normalized spacial score (nSPS) is 20.7. The van der Waals surface area contributed by atoms with E-state index in [4.69, 9.17) is 19.1 Å². The van der Waals surface area contributed by atoms with Crippen LogP contribution >= 0.6 is 0 Å². The maximum atomic E-state index is 10.5. The summed E-state index contributed by atoms with van der Waals surface area (Å²) in [6.07, 6.45) is 0.753. The Kier molecular flexibility index (Phi) is 6.30. The van der Waals surface area contributed by atoms with Crippen molar-refractivity contribution in [2.75, 3.05) is 13.2 Å². The number of hydrogen-bond acceptors (Lipinski definition) is 5. The largest absolute Gasteiger partial charge is 0.396 e. The smallest absolute Gasteiger partial charge is 0.294 e. The molecule has 0 aromatic heterocycles. The lowest BCUT2D eigenvalue weighted by Crippen LogP contribution is -2.21. The highest BCUT2D eigenvalue weighted by Crippen LogP contribution is 2.23. The van der Waals surface area contributed by atoms with Gasteiger partial charge in [0.1, 0.15) is 0 Å². The molecule has 1 aromatic carbocycles. The Balaban J connectivity index is 0.000000211. The van der Waals surface area contributed by atoms with E-state index in [-0.39, 0.29) is 17.6 Å². The fourth-order valence-electron chi connectivity index (χ4n) is 1.76. The molecule has 7 heteroatoms. The van der Waals surface area contributed by atoms with Crippen LogP contribution in [0.15, 0.2) is 29.2 Å². The van der Waals surface area contributed by atoms with Crippen LogP contribution in [0.5, 0.6) is 0 Å². The van der Waals surface area contributed by atoms with Crippen LogP contribution in [0.3, 0.4) is 0 Å². The van der Waals surface area contributed by atoms with Crippen molar-refractivity contribution in [3.05, 3.63) is 29.8 Å². The van der Waals surface area contributed by atoms with Gasteiger partial charge in [-0.1, -0.05) is 17.7 Å². The number of aryl methyl sites for hydroxylation is 1. The Hall–Kier alpha value is -0.990. The summed E-state index contributed by atoms with van der Waals surface area (Å²) in [6, 6.07) is 5.99. The Morgan fingerprint density at radius 2 is 1.86 bits per heavy atom. The summed E-state index contributed by atoms with van der Waals surface area (Å²) < 4.78 is 40.2. The summed E-state index contributed by atoms with van der Waals surface area (Å²) in [6.45, 7) is 6.38. The number of aliphatic hydroxyl groups excluding tert-OH is 1. The molecule has 0 bridgehead atoms. The van der Waals surface area contributed by atoms with E-state index in [2.05, 4.69) is 0 Å². The van der Waals surface area contributed by atoms with Crippen molar-refractivity contribution in [2.24, 2.45) is 0 Å². The summed E-state index contributed by atoms with van der Waals surface area (Å²) in [5.41, 5.74) is 0.956. The Morgan fingerprint density at radius 3 is 2.24 bits per heavy atom. The third-order valence-corrected chi connectivity index (χ3v) is 3.71. The molecule has 120 valence electrons. The van der Waals surface area contributed by atoms with Gasteiger partial charge in [-0.15, -0.1) is 0 Å². The molecule has 0 spiro atoms. The molecule has 1 aliphatic rings. The average molecular weight is 318 g/mol. The second kappa shape index (κ2) is 7.33. The minimum atomic E-state index is -4.02. The van der Waals surface area contributed by atoms with Crippen LogP contribution in [-0.4, -0.2) is 43.2 Å². The monoisotopic (exact) mass is 318 g/mol. The molecular weight excluding hydrogens is 296 g/mol. The minimum absolute atomic E-state index is 0.0666. The van der Waals surface area contributed by atoms with Gasteiger partial charge in [-0.25, -0.2) is 0 Å². The maximum absolute atomic E-state index is 10.5. The van der Waals surface area contributed by atoms with Gasteiger partial charge >= 0.3 is 0 Å². The van der Waals surface area contributed by atoms with Crippen molar-refractivity contribution in [3.8, 4) is 0 Å². The first-order valence-corrected chi connectivity index (χ1v) is 8.05. The van der Waals surface area contributed by atoms with E-state index in [9.17, 15) is 8.42 Å². The predicted octanol–water partition coefficient (Wildman–Crippen LogP) is 1.76.